The largest absolute Gasteiger partial charge is 0.493 e. The Kier molecular flexibility index (Phi) is 6.30. The van der Waals surface area contributed by atoms with Gasteiger partial charge in [-0.05, 0) is 17.7 Å². The third-order valence-corrected chi connectivity index (χ3v) is 2.84. The number of carboxylic acids is 1. The van der Waals surface area contributed by atoms with Crippen LogP contribution in [0.4, 0.5) is 0 Å². The Balaban J connectivity index is 3.04. The monoisotopic (exact) mass is 294 g/mol. The number of carboxylic acid groups (broad SMARTS) is 1. The van der Waals surface area contributed by atoms with Gasteiger partial charge in [-0.3, -0.25) is 10.1 Å². The van der Waals surface area contributed by atoms with Gasteiger partial charge in [-0.1, -0.05) is 0 Å². The molecule has 0 saturated carbocycles. The maximum atomic E-state index is 10.5. The van der Waals surface area contributed by atoms with E-state index in [0.29, 0.717) is 22.8 Å². The van der Waals surface area contributed by atoms with E-state index in [0.717, 1.165) is 0 Å². The van der Waals surface area contributed by atoms with Crippen molar-refractivity contribution in [3.05, 3.63) is 17.7 Å². The van der Waals surface area contributed by atoms with Crippen LogP contribution < -0.4 is 19.5 Å². The molecule has 1 aromatic carbocycles. The summed E-state index contributed by atoms with van der Waals surface area (Å²) in [6.07, 6.45) is -0.0669. The van der Waals surface area contributed by atoms with E-state index in [4.69, 9.17) is 19.3 Å². The van der Waals surface area contributed by atoms with Crippen molar-refractivity contribution in [2.24, 2.45) is 0 Å². The Morgan fingerprint density at radius 1 is 1.29 bits per heavy atom. The summed E-state index contributed by atoms with van der Waals surface area (Å²) in [6.45, 7) is 0.185. The molecule has 0 saturated heterocycles. The number of nitrogens with one attached hydrogen (secondary N) is 1. The molecule has 21 heavy (non-hydrogen) atoms. The minimum absolute atomic E-state index is 0.0669. The predicted molar refractivity (Wildman–Crippen MR) is 74.7 cm³/mol. The molecular weight excluding hydrogens is 276 g/mol. The average Bonchev–Trinajstić information content (AvgIpc) is 2.49. The number of ether oxygens (including phenoxy) is 3. The number of rotatable bonds is 8. The first-order chi connectivity index (χ1) is 10.1. The highest BCUT2D eigenvalue weighted by atomic mass is 16.5. The molecule has 2 N–H and O–H groups in total. The first-order valence-electron chi connectivity index (χ1n) is 6.22. The second-order valence-electron chi connectivity index (χ2n) is 4.12. The third kappa shape index (κ3) is 4.26. The van der Waals surface area contributed by atoms with Gasteiger partial charge < -0.3 is 19.3 Å². The maximum Gasteiger partial charge on any atom is 0.304 e. The van der Waals surface area contributed by atoms with Crippen molar-refractivity contribution in [1.82, 2.24) is 5.32 Å². The highest BCUT2D eigenvalue weighted by Gasteiger charge is 2.18. The zero-order valence-corrected chi connectivity index (χ0v) is 12.2. The van der Waals surface area contributed by atoms with Crippen molar-refractivity contribution in [3.8, 4) is 23.3 Å². The topological polar surface area (TPSA) is 101 Å². The van der Waals surface area contributed by atoms with Gasteiger partial charge in [0.1, 0.15) is 6.04 Å². The van der Waals surface area contributed by atoms with Crippen LogP contribution in [0, 0.1) is 11.3 Å². The molecule has 0 amide bonds. The summed E-state index contributed by atoms with van der Waals surface area (Å²) in [7, 11) is 4.47. The molecule has 0 aliphatic rings. The Bertz CT molecular complexity index is 514. The number of benzene rings is 1. The van der Waals surface area contributed by atoms with E-state index in [1.165, 1.54) is 21.3 Å². The molecule has 0 heterocycles. The van der Waals surface area contributed by atoms with Crippen LogP contribution in [0.5, 0.6) is 17.2 Å². The summed E-state index contributed by atoms with van der Waals surface area (Å²) in [5.74, 6) is 0.384. The summed E-state index contributed by atoms with van der Waals surface area (Å²) in [4.78, 5) is 10.5. The lowest BCUT2D eigenvalue weighted by Gasteiger charge is -2.17. The van der Waals surface area contributed by atoms with Gasteiger partial charge in [-0.15, -0.1) is 0 Å². The molecule has 1 unspecified atom stereocenters. The first kappa shape index (κ1) is 16.6. The van der Waals surface area contributed by atoms with Gasteiger partial charge in [0.2, 0.25) is 5.75 Å². The maximum absolute atomic E-state index is 10.5. The van der Waals surface area contributed by atoms with Gasteiger partial charge >= 0.3 is 5.97 Å². The van der Waals surface area contributed by atoms with Crippen LogP contribution in [0.1, 0.15) is 18.0 Å². The van der Waals surface area contributed by atoms with Gasteiger partial charge in [0, 0.05) is 6.54 Å². The van der Waals surface area contributed by atoms with Crippen molar-refractivity contribution < 1.29 is 24.1 Å². The van der Waals surface area contributed by atoms with E-state index in [2.05, 4.69) is 11.4 Å². The standard InChI is InChI=1S/C14H18N2O5/c1-19-11-6-9(7-12(20-2)14(11)21-3)10(8-15)16-5-4-13(17)18/h6-7,10,16H,4-5H2,1-3H3,(H,17,18). The molecular formula is C14H18N2O5. The number of hydrogen-bond donors (Lipinski definition) is 2. The van der Waals surface area contributed by atoms with Gasteiger partial charge in [0.15, 0.2) is 11.5 Å². The fourth-order valence-electron chi connectivity index (χ4n) is 1.83. The molecule has 0 radical (unpaired) electrons. The Morgan fingerprint density at radius 2 is 1.86 bits per heavy atom. The number of aliphatic carboxylic acids is 1. The normalized spacial score (nSPS) is 11.3. The van der Waals surface area contributed by atoms with E-state index in [1.807, 2.05) is 0 Å². The van der Waals surface area contributed by atoms with Crippen molar-refractivity contribution >= 4 is 5.97 Å². The van der Waals surface area contributed by atoms with Crippen LogP contribution in [-0.2, 0) is 4.79 Å². The molecule has 0 fully saturated rings. The van der Waals surface area contributed by atoms with Crippen LogP contribution in [0.15, 0.2) is 12.1 Å². The van der Waals surface area contributed by atoms with Gasteiger partial charge in [-0.25, -0.2) is 0 Å². The quantitative estimate of drug-likeness (QED) is 0.746. The average molecular weight is 294 g/mol. The highest BCUT2D eigenvalue weighted by Crippen LogP contribution is 2.39. The lowest BCUT2D eigenvalue weighted by Crippen LogP contribution is -2.23. The van der Waals surface area contributed by atoms with Crippen LogP contribution in [0.25, 0.3) is 0 Å². The lowest BCUT2D eigenvalue weighted by atomic mass is 10.1. The number of methoxy groups -OCH3 is 3. The van der Waals surface area contributed by atoms with E-state index >= 15 is 0 Å². The van der Waals surface area contributed by atoms with Crippen LogP contribution >= 0.6 is 0 Å². The van der Waals surface area contributed by atoms with Gasteiger partial charge in [0.05, 0.1) is 33.8 Å². The van der Waals surface area contributed by atoms with Crippen molar-refractivity contribution in [2.75, 3.05) is 27.9 Å². The molecule has 7 nitrogen and oxygen atoms in total. The van der Waals surface area contributed by atoms with Crippen molar-refractivity contribution in [3.63, 3.8) is 0 Å². The Hall–Kier alpha value is -2.46. The number of carbonyl (C=O) groups is 1. The molecule has 0 spiro atoms. The minimum Gasteiger partial charge on any atom is -0.493 e. The molecule has 1 aromatic rings. The first-order valence-corrected chi connectivity index (χ1v) is 6.22. The lowest BCUT2D eigenvalue weighted by molar-refractivity contribution is -0.136. The highest BCUT2D eigenvalue weighted by molar-refractivity contribution is 5.66. The smallest absolute Gasteiger partial charge is 0.304 e. The molecule has 0 aliphatic carbocycles. The third-order valence-electron chi connectivity index (χ3n) is 2.84. The molecule has 1 atom stereocenters. The number of nitrogens with zero attached hydrogens (tertiary/aromatic N) is 1. The fourth-order valence-corrected chi connectivity index (χ4v) is 1.83. The number of nitriles is 1. The zero-order chi connectivity index (χ0) is 15.8. The van der Waals surface area contributed by atoms with Crippen LogP contribution in [0.2, 0.25) is 0 Å². The summed E-state index contributed by atoms with van der Waals surface area (Å²) < 4.78 is 15.6. The van der Waals surface area contributed by atoms with Crippen molar-refractivity contribution in [2.45, 2.75) is 12.5 Å². The van der Waals surface area contributed by atoms with E-state index in [9.17, 15) is 10.1 Å². The Morgan fingerprint density at radius 3 is 2.24 bits per heavy atom. The summed E-state index contributed by atoms with van der Waals surface area (Å²) in [6, 6.07) is 4.72. The zero-order valence-electron chi connectivity index (χ0n) is 12.2. The second kappa shape index (κ2) is 7.97. The summed E-state index contributed by atoms with van der Waals surface area (Å²) in [5.41, 5.74) is 0.609. The molecule has 0 aromatic heterocycles. The summed E-state index contributed by atoms with van der Waals surface area (Å²) in [5, 5.41) is 20.7. The van der Waals surface area contributed by atoms with E-state index in [1.54, 1.807) is 12.1 Å². The Labute approximate surface area is 123 Å². The molecule has 0 aliphatic heterocycles. The fraction of sp³-hybridized carbons (Fsp3) is 0.429. The molecule has 0 bridgehead atoms. The van der Waals surface area contributed by atoms with Gasteiger partial charge in [0.25, 0.3) is 0 Å². The van der Waals surface area contributed by atoms with Gasteiger partial charge in [-0.2, -0.15) is 5.26 Å². The number of hydrogen-bond acceptors (Lipinski definition) is 6. The molecule has 7 heteroatoms. The predicted octanol–water partition coefficient (Wildman–Crippen LogP) is 1.34. The van der Waals surface area contributed by atoms with Crippen molar-refractivity contribution in [1.29, 1.82) is 5.26 Å². The van der Waals surface area contributed by atoms with Crippen LogP contribution in [-0.4, -0.2) is 38.9 Å². The molecule has 1 rings (SSSR count). The van der Waals surface area contributed by atoms with E-state index in [-0.39, 0.29) is 13.0 Å². The van der Waals surface area contributed by atoms with E-state index < -0.39 is 12.0 Å². The summed E-state index contributed by atoms with van der Waals surface area (Å²) >= 11 is 0. The van der Waals surface area contributed by atoms with Crippen LogP contribution in [0.3, 0.4) is 0 Å². The second-order valence-corrected chi connectivity index (χ2v) is 4.12. The minimum atomic E-state index is -0.927. The molecule has 114 valence electrons. The SMILES string of the molecule is COc1cc(C(C#N)NCCC(=O)O)cc(OC)c1OC.